The molecular weight excluding hydrogens is 234 g/mol. The molecular formula is C13H25NO4. The molecule has 0 aromatic rings. The molecule has 1 saturated carbocycles. The number of methoxy groups -OCH3 is 2. The van der Waals surface area contributed by atoms with Crippen LogP contribution in [0.2, 0.25) is 0 Å². The third kappa shape index (κ3) is 4.55. The van der Waals surface area contributed by atoms with E-state index < -0.39 is 5.60 Å². The van der Waals surface area contributed by atoms with Crippen molar-refractivity contribution >= 4 is 5.91 Å². The number of carbonyl (C=O) groups excluding carboxylic acids is 1. The van der Waals surface area contributed by atoms with E-state index in [0.29, 0.717) is 19.4 Å². The van der Waals surface area contributed by atoms with E-state index in [9.17, 15) is 9.90 Å². The zero-order chi connectivity index (χ0) is 13.6. The molecule has 0 bridgehead atoms. The maximum atomic E-state index is 11.8. The summed E-state index contributed by atoms with van der Waals surface area (Å²) < 4.78 is 10.3. The molecule has 1 aliphatic rings. The molecule has 0 spiro atoms. The first-order chi connectivity index (χ1) is 8.43. The molecule has 1 atom stereocenters. The van der Waals surface area contributed by atoms with Crippen LogP contribution in [0.1, 0.15) is 39.0 Å². The van der Waals surface area contributed by atoms with Crippen LogP contribution >= 0.6 is 0 Å². The van der Waals surface area contributed by atoms with E-state index in [2.05, 4.69) is 5.32 Å². The molecule has 5 heteroatoms. The van der Waals surface area contributed by atoms with Gasteiger partial charge < -0.3 is 19.9 Å². The minimum atomic E-state index is -0.925. The highest BCUT2D eigenvalue weighted by molar-refractivity contribution is 5.77. The van der Waals surface area contributed by atoms with Crippen LogP contribution in [0.4, 0.5) is 0 Å². The number of rotatable bonds is 8. The topological polar surface area (TPSA) is 67.8 Å². The first kappa shape index (κ1) is 15.4. The molecule has 1 rings (SSSR count). The number of amides is 1. The fourth-order valence-corrected chi connectivity index (χ4v) is 2.08. The standard InChI is InChI=1S/C13H25NO4/c1-12(16,7-8-17-2)10-14-11(15)9-13(18-3)5-4-6-13/h16H,4-10H2,1-3H3,(H,14,15). The molecule has 1 aliphatic carbocycles. The molecule has 5 nitrogen and oxygen atoms in total. The molecule has 0 aliphatic heterocycles. The Labute approximate surface area is 109 Å². The summed E-state index contributed by atoms with van der Waals surface area (Å²) >= 11 is 0. The molecule has 1 amide bonds. The van der Waals surface area contributed by atoms with Gasteiger partial charge in [-0.15, -0.1) is 0 Å². The van der Waals surface area contributed by atoms with Gasteiger partial charge in [-0.05, 0) is 26.2 Å². The second-order valence-corrected chi connectivity index (χ2v) is 5.43. The van der Waals surface area contributed by atoms with Crippen LogP contribution in [0.3, 0.4) is 0 Å². The minimum absolute atomic E-state index is 0.0609. The Morgan fingerprint density at radius 1 is 1.44 bits per heavy atom. The number of ether oxygens (including phenoxy) is 2. The lowest BCUT2D eigenvalue weighted by atomic mass is 9.77. The first-order valence-corrected chi connectivity index (χ1v) is 6.46. The summed E-state index contributed by atoms with van der Waals surface area (Å²) in [6.07, 6.45) is 3.88. The van der Waals surface area contributed by atoms with Crippen molar-refractivity contribution in [1.29, 1.82) is 0 Å². The minimum Gasteiger partial charge on any atom is -0.388 e. The largest absolute Gasteiger partial charge is 0.388 e. The maximum Gasteiger partial charge on any atom is 0.223 e. The Morgan fingerprint density at radius 2 is 2.11 bits per heavy atom. The van der Waals surface area contributed by atoms with E-state index >= 15 is 0 Å². The Balaban J connectivity index is 2.28. The first-order valence-electron chi connectivity index (χ1n) is 6.46. The summed E-state index contributed by atoms with van der Waals surface area (Å²) in [5, 5.41) is 12.8. The molecule has 0 heterocycles. The number of hydrogen-bond donors (Lipinski definition) is 2. The van der Waals surface area contributed by atoms with E-state index in [1.165, 1.54) is 0 Å². The lowest BCUT2D eigenvalue weighted by Crippen LogP contribution is -2.47. The van der Waals surface area contributed by atoms with Crippen molar-refractivity contribution < 1.29 is 19.4 Å². The van der Waals surface area contributed by atoms with Crippen molar-refractivity contribution in [2.75, 3.05) is 27.4 Å². The third-order valence-electron chi connectivity index (χ3n) is 3.69. The molecule has 2 N–H and O–H groups in total. The summed E-state index contributed by atoms with van der Waals surface area (Å²) in [5.74, 6) is -0.0609. The Kier molecular flexibility index (Phi) is 5.56. The Bertz CT molecular complexity index is 269. The van der Waals surface area contributed by atoms with Gasteiger partial charge in [0.1, 0.15) is 0 Å². The van der Waals surface area contributed by atoms with E-state index in [4.69, 9.17) is 9.47 Å². The molecule has 0 aromatic carbocycles. The van der Waals surface area contributed by atoms with Crippen LogP contribution in [0.5, 0.6) is 0 Å². The molecule has 0 aromatic heterocycles. The molecule has 18 heavy (non-hydrogen) atoms. The van der Waals surface area contributed by atoms with Gasteiger partial charge in [-0.1, -0.05) is 0 Å². The summed E-state index contributed by atoms with van der Waals surface area (Å²) in [6, 6.07) is 0. The second-order valence-electron chi connectivity index (χ2n) is 5.43. The fraction of sp³-hybridized carbons (Fsp3) is 0.923. The summed E-state index contributed by atoms with van der Waals surface area (Å²) in [4.78, 5) is 11.8. The Hall–Kier alpha value is -0.650. The smallest absolute Gasteiger partial charge is 0.223 e. The van der Waals surface area contributed by atoms with Crippen molar-refractivity contribution in [3.8, 4) is 0 Å². The molecule has 106 valence electrons. The Morgan fingerprint density at radius 3 is 2.56 bits per heavy atom. The van der Waals surface area contributed by atoms with Crippen LogP contribution in [-0.2, 0) is 14.3 Å². The second kappa shape index (κ2) is 6.50. The van der Waals surface area contributed by atoms with E-state index in [-0.39, 0.29) is 18.1 Å². The van der Waals surface area contributed by atoms with Crippen molar-refractivity contribution in [1.82, 2.24) is 5.32 Å². The summed E-state index contributed by atoms with van der Waals surface area (Å²) in [5.41, 5.74) is -1.19. The zero-order valence-electron chi connectivity index (χ0n) is 11.6. The zero-order valence-corrected chi connectivity index (χ0v) is 11.6. The van der Waals surface area contributed by atoms with Crippen LogP contribution in [-0.4, -0.2) is 49.6 Å². The van der Waals surface area contributed by atoms with Gasteiger partial charge in [-0.3, -0.25) is 4.79 Å². The normalized spacial score (nSPS) is 20.9. The van der Waals surface area contributed by atoms with Gasteiger partial charge in [-0.25, -0.2) is 0 Å². The predicted octanol–water partition coefficient (Wildman–Crippen LogP) is 0.849. The average molecular weight is 259 g/mol. The monoisotopic (exact) mass is 259 g/mol. The molecule has 0 radical (unpaired) electrons. The van der Waals surface area contributed by atoms with Gasteiger partial charge in [0.2, 0.25) is 5.91 Å². The maximum absolute atomic E-state index is 11.8. The van der Waals surface area contributed by atoms with E-state index in [1.807, 2.05) is 0 Å². The van der Waals surface area contributed by atoms with Crippen molar-refractivity contribution in [2.24, 2.45) is 0 Å². The van der Waals surface area contributed by atoms with Crippen molar-refractivity contribution in [2.45, 2.75) is 50.2 Å². The van der Waals surface area contributed by atoms with Crippen molar-refractivity contribution in [3.63, 3.8) is 0 Å². The number of aliphatic hydroxyl groups is 1. The highest BCUT2D eigenvalue weighted by Gasteiger charge is 2.39. The average Bonchev–Trinajstić information content (AvgIpc) is 2.29. The van der Waals surface area contributed by atoms with Gasteiger partial charge in [0.25, 0.3) is 0 Å². The lowest BCUT2D eigenvalue weighted by Gasteiger charge is -2.40. The van der Waals surface area contributed by atoms with Crippen LogP contribution < -0.4 is 5.32 Å². The fourth-order valence-electron chi connectivity index (χ4n) is 2.08. The SMILES string of the molecule is COCCC(C)(O)CNC(=O)CC1(OC)CCC1. The van der Waals surface area contributed by atoms with E-state index in [1.54, 1.807) is 21.1 Å². The number of carbonyl (C=O) groups is 1. The highest BCUT2D eigenvalue weighted by Crippen LogP contribution is 2.37. The van der Waals surface area contributed by atoms with E-state index in [0.717, 1.165) is 19.3 Å². The quantitative estimate of drug-likeness (QED) is 0.678. The van der Waals surface area contributed by atoms with Gasteiger partial charge in [-0.2, -0.15) is 0 Å². The predicted molar refractivity (Wildman–Crippen MR) is 68.3 cm³/mol. The van der Waals surface area contributed by atoms with Crippen LogP contribution in [0, 0.1) is 0 Å². The van der Waals surface area contributed by atoms with Crippen LogP contribution in [0.25, 0.3) is 0 Å². The summed E-state index contributed by atoms with van der Waals surface area (Å²) in [6.45, 7) is 2.42. The molecule has 1 fully saturated rings. The van der Waals surface area contributed by atoms with Gasteiger partial charge in [0.05, 0.1) is 17.6 Å². The third-order valence-corrected chi connectivity index (χ3v) is 3.69. The number of hydrogen-bond acceptors (Lipinski definition) is 4. The number of nitrogens with one attached hydrogen (secondary N) is 1. The highest BCUT2D eigenvalue weighted by atomic mass is 16.5. The molecule has 0 saturated heterocycles. The van der Waals surface area contributed by atoms with Crippen LogP contribution in [0.15, 0.2) is 0 Å². The van der Waals surface area contributed by atoms with Gasteiger partial charge in [0, 0.05) is 33.8 Å². The lowest BCUT2D eigenvalue weighted by molar-refractivity contribution is -0.135. The summed E-state index contributed by atoms with van der Waals surface area (Å²) in [7, 11) is 3.24. The molecule has 1 unspecified atom stereocenters. The van der Waals surface area contributed by atoms with Gasteiger partial charge in [0.15, 0.2) is 0 Å². The van der Waals surface area contributed by atoms with Gasteiger partial charge >= 0.3 is 0 Å². The van der Waals surface area contributed by atoms with Crippen molar-refractivity contribution in [3.05, 3.63) is 0 Å².